The van der Waals surface area contributed by atoms with Crippen LogP contribution in [0.4, 0.5) is 11.4 Å². The first-order chi connectivity index (χ1) is 10.2. The van der Waals surface area contributed by atoms with Gasteiger partial charge < -0.3 is 10.1 Å². The normalized spacial score (nSPS) is 9.09. The van der Waals surface area contributed by atoms with E-state index < -0.39 is 22.5 Å². The second-order valence-electron chi connectivity index (χ2n) is 3.83. The number of carbonyl (C=O) groups excluding carboxylic acids is 3. The van der Waals surface area contributed by atoms with E-state index in [9.17, 15) is 24.5 Å². The lowest BCUT2D eigenvalue weighted by Crippen LogP contribution is -2.12. The number of halogens is 1. The molecule has 0 aliphatic carbocycles. The van der Waals surface area contributed by atoms with Gasteiger partial charge in [0.15, 0.2) is 0 Å². The van der Waals surface area contributed by atoms with Gasteiger partial charge in [0.2, 0.25) is 11.1 Å². The smallest absolute Gasteiger partial charge is 0.345 e. The quantitative estimate of drug-likeness (QED) is 0.392. The zero-order chi connectivity index (χ0) is 17.3. The zero-order valence-electron chi connectivity index (χ0n) is 12.2. The van der Waals surface area contributed by atoms with E-state index in [0.717, 1.165) is 0 Å². The second kappa shape index (κ2) is 9.46. The number of esters is 1. The van der Waals surface area contributed by atoms with Gasteiger partial charge in [0, 0.05) is 13.8 Å². The predicted molar refractivity (Wildman–Crippen MR) is 79.9 cm³/mol. The van der Waals surface area contributed by atoms with E-state index in [-0.39, 0.29) is 23.1 Å². The van der Waals surface area contributed by atoms with Crippen molar-refractivity contribution in [3.05, 3.63) is 33.9 Å². The minimum atomic E-state index is -0.795. The first kappa shape index (κ1) is 19.5. The van der Waals surface area contributed by atoms with E-state index in [1.54, 1.807) is 6.92 Å². The van der Waals surface area contributed by atoms with E-state index >= 15 is 0 Å². The highest BCUT2D eigenvalue weighted by molar-refractivity contribution is 6.62. The third kappa shape index (κ3) is 6.80. The van der Waals surface area contributed by atoms with Crippen molar-refractivity contribution in [2.45, 2.75) is 20.8 Å². The summed E-state index contributed by atoms with van der Waals surface area (Å²) in [6.45, 7) is 4.23. The number of amides is 1. The molecular weight excluding hydrogens is 316 g/mol. The molecule has 0 aliphatic rings. The standard InChI is InChI=1S/C11H12N2O5.C2H3ClO/c1-3-18-11(15)8-5-4-6-9(12-7(2)14)10(8)13(16)17;1-2(3)4/h4-6H,3H2,1-2H3,(H,12,14);1H3. The lowest BCUT2D eigenvalue weighted by Gasteiger charge is -2.07. The lowest BCUT2D eigenvalue weighted by molar-refractivity contribution is -0.384. The van der Waals surface area contributed by atoms with Gasteiger partial charge in [-0.2, -0.15) is 0 Å². The molecule has 0 fully saturated rings. The van der Waals surface area contributed by atoms with E-state index in [0.29, 0.717) is 0 Å². The Bertz CT molecular complexity index is 584. The van der Waals surface area contributed by atoms with Crippen LogP contribution in [0.3, 0.4) is 0 Å². The molecule has 1 N–H and O–H groups in total. The number of para-hydroxylation sites is 1. The number of rotatable bonds is 4. The third-order valence-corrected chi connectivity index (χ3v) is 2.02. The highest BCUT2D eigenvalue weighted by Crippen LogP contribution is 2.29. The van der Waals surface area contributed by atoms with Crippen LogP contribution in [0.1, 0.15) is 31.1 Å². The average molecular weight is 331 g/mol. The van der Waals surface area contributed by atoms with Crippen molar-refractivity contribution in [2.24, 2.45) is 0 Å². The Labute approximate surface area is 131 Å². The van der Waals surface area contributed by atoms with Crippen LogP contribution in [-0.4, -0.2) is 28.6 Å². The Balaban J connectivity index is 0.000000980. The van der Waals surface area contributed by atoms with Crippen LogP contribution in [0.15, 0.2) is 18.2 Å². The summed E-state index contributed by atoms with van der Waals surface area (Å²) in [4.78, 5) is 42.0. The number of carbonyl (C=O) groups is 3. The second-order valence-corrected chi connectivity index (χ2v) is 4.36. The summed E-state index contributed by atoms with van der Waals surface area (Å²) in [5.41, 5.74) is -0.683. The van der Waals surface area contributed by atoms with Gasteiger partial charge in [-0.3, -0.25) is 19.7 Å². The van der Waals surface area contributed by atoms with Crippen molar-refractivity contribution in [1.82, 2.24) is 0 Å². The summed E-state index contributed by atoms with van der Waals surface area (Å²) < 4.78 is 4.72. The fourth-order valence-corrected chi connectivity index (χ4v) is 1.40. The van der Waals surface area contributed by atoms with Crippen LogP contribution >= 0.6 is 11.6 Å². The van der Waals surface area contributed by atoms with Crippen LogP contribution in [0, 0.1) is 10.1 Å². The summed E-state index contributed by atoms with van der Waals surface area (Å²) >= 11 is 4.64. The Kier molecular flexibility index (Phi) is 8.39. The monoisotopic (exact) mass is 330 g/mol. The molecule has 22 heavy (non-hydrogen) atoms. The lowest BCUT2D eigenvalue weighted by atomic mass is 10.1. The average Bonchev–Trinajstić information content (AvgIpc) is 2.36. The van der Waals surface area contributed by atoms with E-state index in [1.165, 1.54) is 32.0 Å². The summed E-state index contributed by atoms with van der Waals surface area (Å²) in [6, 6.07) is 4.06. The van der Waals surface area contributed by atoms with E-state index in [1.807, 2.05) is 0 Å². The highest BCUT2D eigenvalue weighted by Gasteiger charge is 2.25. The SMILES string of the molecule is CC(=O)Cl.CCOC(=O)c1cccc(NC(C)=O)c1[N+](=O)[O-]. The maximum Gasteiger partial charge on any atom is 0.345 e. The van der Waals surface area contributed by atoms with Crippen LogP contribution in [0.2, 0.25) is 0 Å². The van der Waals surface area contributed by atoms with Gasteiger partial charge in [0.25, 0.3) is 0 Å². The molecule has 0 saturated carbocycles. The highest BCUT2D eigenvalue weighted by atomic mass is 35.5. The van der Waals surface area contributed by atoms with Crippen LogP contribution < -0.4 is 5.32 Å². The summed E-state index contributed by atoms with van der Waals surface area (Å²) in [5, 5.41) is 12.9. The van der Waals surface area contributed by atoms with E-state index in [2.05, 4.69) is 16.9 Å². The molecular formula is C13H15ClN2O6. The molecule has 8 nitrogen and oxygen atoms in total. The van der Waals surface area contributed by atoms with Crippen LogP contribution in [-0.2, 0) is 14.3 Å². The Morgan fingerprint density at radius 3 is 2.27 bits per heavy atom. The molecule has 0 radical (unpaired) electrons. The maximum absolute atomic E-state index is 11.6. The van der Waals surface area contributed by atoms with Gasteiger partial charge in [-0.05, 0) is 30.7 Å². The van der Waals surface area contributed by atoms with Crippen molar-refractivity contribution in [2.75, 3.05) is 11.9 Å². The topological polar surface area (TPSA) is 116 Å². The molecule has 120 valence electrons. The molecule has 0 spiro atoms. The Hall–Kier alpha value is -2.48. The predicted octanol–water partition coefficient (Wildman–Crippen LogP) is 2.50. The molecule has 0 bridgehead atoms. The van der Waals surface area contributed by atoms with Gasteiger partial charge in [0.1, 0.15) is 11.3 Å². The molecule has 0 heterocycles. The van der Waals surface area contributed by atoms with Crippen LogP contribution in [0.25, 0.3) is 0 Å². The number of ether oxygens (including phenoxy) is 1. The minimum Gasteiger partial charge on any atom is -0.462 e. The molecule has 1 amide bonds. The first-order valence-electron chi connectivity index (χ1n) is 6.08. The van der Waals surface area contributed by atoms with Gasteiger partial charge in [-0.1, -0.05) is 6.07 Å². The molecule has 9 heteroatoms. The maximum atomic E-state index is 11.6. The summed E-state index contributed by atoms with van der Waals surface area (Å²) in [6.07, 6.45) is 0. The summed E-state index contributed by atoms with van der Waals surface area (Å²) in [7, 11) is 0. The number of nitro benzene ring substituents is 1. The van der Waals surface area contributed by atoms with Crippen molar-refractivity contribution in [3.63, 3.8) is 0 Å². The number of nitro groups is 1. The van der Waals surface area contributed by atoms with Gasteiger partial charge in [-0.15, -0.1) is 0 Å². The number of nitrogens with zero attached hydrogens (tertiary/aromatic N) is 1. The fourth-order valence-electron chi connectivity index (χ4n) is 1.40. The zero-order valence-corrected chi connectivity index (χ0v) is 13.0. The third-order valence-electron chi connectivity index (χ3n) is 2.02. The molecule has 1 rings (SSSR count). The largest absolute Gasteiger partial charge is 0.462 e. The molecule has 0 aromatic heterocycles. The van der Waals surface area contributed by atoms with Gasteiger partial charge in [0.05, 0.1) is 11.5 Å². The number of hydrogen-bond donors (Lipinski definition) is 1. The Morgan fingerprint density at radius 2 is 1.86 bits per heavy atom. The fraction of sp³-hybridized carbons (Fsp3) is 0.308. The molecule has 0 saturated heterocycles. The number of hydrogen-bond acceptors (Lipinski definition) is 6. The summed E-state index contributed by atoms with van der Waals surface area (Å²) in [5.74, 6) is -1.25. The van der Waals surface area contributed by atoms with Gasteiger partial charge >= 0.3 is 11.7 Å². The Morgan fingerprint density at radius 1 is 1.32 bits per heavy atom. The molecule has 1 aromatic rings. The molecule has 0 unspecified atom stereocenters. The van der Waals surface area contributed by atoms with Crippen LogP contribution in [0.5, 0.6) is 0 Å². The number of benzene rings is 1. The van der Waals surface area contributed by atoms with E-state index in [4.69, 9.17) is 4.74 Å². The van der Waals surface area contributed by atoms with Crippen molar-refractivity contribution >= 4 is 40.1 Å². The number of anilines is 1. The van der Waals surface area contributed by atoms with Crippen molar-refractivity contribution < 1.29 is 24.0 Å². The van der Waals surface area contributed by atoms with Crippen molar-refractivity contribution in [3.8, 4) is 0 Å². The molecule has 1 aromatic carbocycles. The number of nitrogens with one attached hydrogen (secondary N) is 1. The van der Waals surface area contributed by atoms with Gasteiger partial charge in [-0.25, -0.2) is 4.79 Å². The molecule has 0 atom stereocenters. The molecule has 0 aliphatic heterocycles. The van der Waals surface area contributed by atoms with Crippen molar-refractivity contribution in [1.29, 1.82) is 0 Å². The minimum absolute atomic E-state index is 0.0296. The first-order valence-corrected chi connectivity index (χ1v) is 6.46.